The van der Waals surface area contributed by atoms with Gasteiger partial charge in [0.05, 0.1) is 12.5 Å². The van der Waals surface area contributed by atoms with E-state index in [9.17, 15) is 19.2 Å². The van der Waals surface area contributed by atoms with Gasteiger partial charge in [-0.2, -0.15) is 4.79 Å². The summed E-state index contributed by atoms with van der Waals surface area (Å²) in [6, 6.07) is -1.14. The normalized spacial score (nSPS) is 12.4. The highest BCUT2D eigenvalue weighted by Gasteiger charge is 2.25. The van der Waals surface area contributed by atoms with E-state index in [-0.39, 0.29) is 25.4 Å². The summed E-state index contributed by atoms with van der Waals surface area (Å²) in [7, 11) is 0. The molecule has 0 saturated heterocycles. The van der Waals surface area contributed by atoms with Crippen LogP contribution in [0, 0.1) is 5.92 Å². The standard InChI is InChI=1S/C15H23N3O7/c1-5-23-14(21)12(7-6-11(19)8-17-16)18-15(22)25-10(4)24-13(20)9(2)3/h8-10,12H,5-7H2,1-4H3,(H,18,22). The molecule has 0 aliphatic rings. The van der Waals surface area contributed by atoms with Crippen molar-refractivity contribution in [2.24, 2.45) is 5.92 Å². The molecule has 0 aliphatic heterocycles. The molecule has 0 aromatic rings. The van der Waals surface area contributed by atoms with Gasteiger partial charge in [0.1, 0.15) is 6.04 Å². The molecule has 0 aromatic heterocycles. The Morgan fingerprint density at radius 1 is 1.12 bits per heavy atom. The number of alkyl carbamates (subject to hydrolysis) is 1. The first-order valence-electron chi connectivity index (χ1n) is 7.75. The minimum atomic E-state index is -1.15. The van der Waals surface area contributed by atoms with Crippen LogP contribution in [-0.2, 0) is 28.6 Å². The molecule has 0 fully saturated rings. The third kappa shape index (κ3) is 9.87. The number of nitrogens with one attached hydrogen (secondary N) is 1. The molecule has 10 heteroatoms. The minimum Gasteiger partial charge on any atom is -0.464 e. The van der Waals surface area contributed by atoms with E-state index < -0.39 is 36.1 Å². The Balaban J connectivity index is 4.68. The number of nitrogens with zero attached hydrogens (tertiary/aromatic N) is 2. The van der Waals surface area contributed by atoms with Crippen molar-refractivity contribution in [2.45, 2.75) is 52.9 Å². The molecule has 2 atom stereocenters. The van der Waals surface area contributed by atoms with E-state index in [1.165, 1.54) is 6.92 Å². The van der Waals surface area contributed by atoms with Crippen LogP contribution in [0.4, 0.5) is 4.79 Å². The predicted octanol–water partition coefficient (Wildman–Crippen LogP) is 0.839. The fraction of sp³-hybridized carbons (Fsp3) is 0.667. The summed E-state index contributed by atoms with van der Waals surface area (Å²) in [5, 5.41) is 2.25. The van der Waals surface area contributed by atoms with Crippen molar-refractivity contribution in [2.75, 3.05) is 6.61 Å². The number of hydrogen-bond donors (Lipinski definition) is 1. The summed E-state index contributed by atoms with van der Waals surface area (Å²) < 4.78 is 14.5. The van der Waals surface area contributed by atoms with Gasteiger partial charge in [-0.25, -0.2) is 9.59 Å². The molecule has 0 aromatic carbocycles. The van der Waals surface area contributed by atoms with Crippen LogP contribution < -0.4 is 5.32 Å². The molecule has 0 heterocycles. The Bertz CT molecular complexity index is 541. The van der Waals surface area contributed by atoms with Gasteiger partial charge in [-0.05, 0) is 13.3 Å². The summed E-state index contributed by atoms with van der Waals surface area (Å²) in [6.07, 6.45) is -1.72. The van der Waals surface area contributed by atoms with Crippen LogP contribution in [0.15, 0.2) is 0 Å². The van der Waals surface area contributed by atoms with Crippen LogP contribution in [0.1, 0.15) is 40.5 Å². The SMILES string of the molecule is CCOC(=O)C(CCC(=O)C=[N+]=[N-])NC(=O)OC(C)OC(=O)C(C)C. The molecule has 140 valence electrons. The number of carbonyl (C=O) groups is 4. The summed E-state index contributed by atoms with van der Waals surface area (Å²) in [5.41, 5.74) is 8.28. The van der Waals surface area contributed by atoms with Crippen LogP contribution in [0.3, 0.4) is 0 Å². The second-order valence-corrected chi connectivity index (χ2v) is 5.26. The third-order valence-corrected chi connectivity index (χ3v) is 2.77. The number of ether oxygens (including phenoxy) is 3. The maximum atomic E-state index is 11.8. The molecule has 0 rings (SSSR count). The average Bonchev–Trinajstić information content (AvgIpc) is 2.51. The van der Waals surface area contributed by atoms with Crippen LogP contribution >= 0.6 is 0 Å². The van der Waals surface area contributed by atoms with E-state index >= 15 is 0 Å². The summed E-state index contributed by atoms with van der Waals surface area (Å²) in [5.74, 6) is -2.22. The molecular formula is C15H23N3O7. The van der Waals surface area contributed by atoms with E-state index in [2.05, 4.69) is 10.1 Å². The Hall–Kier alpha value is -2.74. The molecule has 0 radical (unpaired) electrons. The fourth-order valence-electron chi connectivity index (χ4n) is 1.56. The van der Waals surface area contributed by atoms with E-state index in [1.54, 1.807) is 20.8 Å². The minimum absolute atomic E-state index is 0.0838. The number of rotatable bonds is 10. The number of hydrogen-bond acceptors (Lipinski definition) is 7. The van der Waals surface area contributed by atoms with E-state index in [1.807, 2.05) is 0 Å². The highest BCUT2D eigenvalue weighted by molar-refractivity contribution is 6.25. The molecule has 2 unspecified atom stereocenters. The first kappa shape index (κ1) is 22.3. The number of amides is 1. The van der Waals surface area contributed by atoms with Gasteiger partial charge in [-0.1, -0.05) is 13.8 Å². The summed E-state index contributed by atoms with van der Waals surface area (Å²) in [4.78, 5) is 49.0. The zero-order chi connectivity index (χ0) is 19.4. The molecule has 0 aliphatic carbocycles. The van der Waals surface area contributed by atoms with Crippen molar-refractivity contribution in [3.63, 3.8) is 0 Å². The van der Waals surface area contributed by atoms with Crippen LogP contribution in [-0.4, -0.2) is 53.8 Å². The second kappa shape index (κ2) is 11.7. The van der Waals surface area contributed by atoms with Gasteiger partial charge in [-0.3, -0.25) is 9.59 Å². The predicted molar refractivity (Wildman–Crippen MR) is 84.4 cm³/mol. The molecular weight excluding hydrogens is 334 g/mol. The Morgan fingerprint density at radius 3 is 2.28 bits per heavy atom. The zero-order valence-corrected chi connectivity index (χ0v) is 14.7. The lowest BCUT2D eigenvalue weighted by Gasteiger charge is -2.19. The lowest BCUT2D eigenvalue weighted by atomic mass is 10.1. The number of Topliss-reactive ketones (excluding diaryl/α,β-unsaturated/α-hetero) is 1. The van der Waals surface area contributed by atoms with E-state index in [0.717, 1.165) is 0 Å². The molecule has 10 nitrogen and oxygen atoms in total. The monoisotopic (exact) mass is 357 g/mol. The zero-order valence-electron chi connectivity index (χ0n) is 14.7. The fourth-order valence-corrected chi connectivity index (χ4v) is 1.56. The highest BCUT2D eigenvalue weighted by Crippen LogP contribution is 2.05. The molecule has 25 heavy (non-hydrogen) atoms. The van der Waals surface area contributed by atoms with E-state index in [4.69, 9.17) is 19.7 Å². The number of esters is 2. The quantitative estimate of drug-likeness (QED) is 0.200. The Kier molecular flexibility index (Phi) is 10.5. The highest BCUT2D eigenvalue weighted by atomic mass is 16.7. The van der Waals surface area contributed by atoms with Crippen molar-refractivity contribution in [3.8, 4) is 0 Å². The lowest BCUT2D eigenvalue weighted by Crippen LogP contribution is -2.43. The maximum absolute atomic E-state index is 11.8. The van der Waals surface area contributed by atoms with Crippen LogP contribution in [0.5, 0.6) is 0 Å². The molecule has 0 spiro atoms. The summed E-state index contributed by atoms with van der Waals surface area (Å²) in [6.45, 7) is 6.27. The first-order chi connectivity index (χ1) is 11.7. The van der Waals surface area contributed by atoms with E-state index in [0.29, 0.717) is 6.21 Å². The van der Waals surface area contributed by atoms with Gasteiger partial charge in [-0.15, -0.1) is 0 Å². The number of ketones is 1. The van der Waals surface area contributed by atoms with Gasteiger partial charge < -0.3 is 25.1 Å². The van der Waals surface area contributed by atoms with Crippen LogP contribution in [0.25, 0.3) is 5.53 Å². The van der Waals surface area contributed by atoms with Gasteiger partial charge in [0.2, 0.25) is 12.1 Å². The molecule has 0 bridgehead atoms. The van der Waals surface area contributed by atoms with Gasteiger partial charge in [0.25, 0.3) is 0 Å². The maximum Gasteiger partial charge on any atom is 0.410 e. The van der Waals surface area contributed by atoms with Crippen LogP contribution in [0.2, 0.25) is 0 Å². The van der Waals surface area contributed by atoms with Crippen molar-refractivity contribution in [1.29, 1.82) is 0 Å². The third-order valence-electron chi connectivity index (χ3n) is 2.77. The molecule has 1 N–H and O–H groups in total. The number of carbonyl (C=O) groups excluding carboxylic acids is 4. The van der Waals surface area contributed by atoms with Crippen molar-refractivity contribution in [3.05, 3.63) is 5.53 Å². The second-order valence-electron chi connectivity index (χ2n) is 5.26. The lowest BCUT2D eigenvalue weighted by molar-refractivity contribution is -0.169. The summed E-state index contributed by atoms with van der Waals surface area (Å²) >= 11 is 0. The smallest absolute Gasteiger partial charge is 0.410 e. The Morgan fingerprint density at radius 2 is 1.76 bits per heavy atom. The van der Waals surface area contributed by atoms with Gasteiger partial charge in [0.15, 0.2) is 0 Å². The van der Waals surface area contributed by atoms with Gasteiger partial charge in [0, 0.05) is 13.3 Å². The largest absolute Gasteiger partial charge is 0.464 e. The van der Waals surface area contributed by atoms with Gasteiger partial charge >= 0.3 is 24.2 Å². The topological polar surface area (TPSA) is 144 Å². The Labute approximate surface area is 145 Å². The first-order valence-corrected chi connectivity index (χ1v) is 7.75. The molecule has 1 amide bonds. The van der Waals surface area contributed by atoms with Crippen molar-refractivity contribution >= 4 is 30.0 Å². The van der Waals surface area contributed by atoms with Crippen molar-refractivity contribution in [1.82, 2.24) is 5.32 Å². The average molecular weight is 357 g/mol. The molecule has 0 saturated carbocycles. The van der Waals surface area contributed by atoms with Crippen molar-refractivity contribution < 1.29 is 38.2 Å².